The number of aryl methyl sites for hydroxylation is 1. The Hall–Kier alpha value is -1.06. The summed E-state index contributed by atoms with van der Waals surface area (Å²) in [5.74, 6) is 0.116. The van der Waals surface area contributed by atoms with E-state index in [0.717, 1.165) is 24.2 Å². The van der Waals surface area contributed by atoms with Gasteiger partial charge in [0.05, 0.1) is 6.04 Å². The van der Waals surface area contributed by atoms with E-state index in [0.29, 0.717) is 6.04 Å². The van der Waals surface area contributed by atoms with E-state index in [2.05, 4.69) is 5.32 Å². The van der Waals surface area contributed by atoms with Crippen molar-refractivity contribution in [1.29, 1.82) is 0 Å². The van der Waals surface area contributed by atoms with Gasteiger partial charge in [0.1, 0.15) is 0 Å². The monoisotopic (exact) mass is 240 g/mol. The highest BCUT2D eigenvalue weighted by Gasteiger charge is 2.25. The van der Waals surface area contributed by atoms with E-state index in [9.17, 15) is 4.79 Å². The Morgan fingerprint density at radius 3 is 2.62 bits per heavy atom. The summed E-state index contributed by atoms with van der Waals surface area (Å²) < 4.78 is 0. The van der Waals surface area contributed by atoms with Crippen LogP contribution in [0.15, 0.2) is 24.3 Å². The summed E-state index contributed by atoms with van der Waals surface area (Å²) in [5.41, 5.74) is 1.91. The van der Waals surface area contributed by atoms with E-state index in [4.69, 9.17) is 0 Å². The van der Waals surface area contributed by atoms with Crippen molar-refractivity contribution in [3.05, 3.63) is 35.4 Å². The van der Waals surface area contributed by atoms with Crippen LogP contribution >= 0.6 is 12.4 Å². The molecule has 0 spiro atoms. The number of nitrogens with zero attached hydrogens (tertiary/aromatic N) is 1. The fourth-order valence-electron chi connectivity index (χ4n) is 1.69. The number of benzene rings is 1. The fourth-order valence-corrected chi connectivity index (χ4v) is 1.69. The van der Waals surface area contributed by atoms with Gasteiger partial charge in [-0.25, -0.2) is 0 Å². The van der Waals surface area contributed by atoms with Crippen molar-refractivity contribution in [3.8, 4) is 0 Å². The molecule has 88 valence electrons. The molecule has 1 amide bonds. The zero-order chi connectivity index (χ0) is 10.8. The first-order chi connectivity index (χ1) is 7.18. The zero-order valence-electron chi connectivity index (χ0n) is 9.56. The molecule has 0 atom stereocenters. The lowest BCUT2D eigenvalue weighted by atomic mass is 10.1. The molecule has 0 radical (unpaired) electrons. The molecule has 0 bridgehead atoms. The number of hydrogen-bond acceptors (Lipinski definition) is 2. The van der Waals surface area contributed by atoms with Crippen molar-refractivity contribution < 1.29 is 4.79 Å². The van der Waals surface area contributed by atoms with E-state index < -0.39 is 0 Å². The summed E-state index contributed by atoms with van der Waals surface area (Å²) in [5, 5.41) is 3.17. The van der Waals surface area contributed by atoms with Gasteiger partial charge in [0.2, 0.25) is 0 Å². The molecule has 1 N–H and O–H groups in total. The van der Waals surface area contributed by atoms with Crippen LogP contribution in [0.3, 0.4) is 0 Å². The first kappa shape index (κ1) is 13.0. The molecular formula is C12H17ClN2O. The molecule has 1 aliphatic heterocycles. The van der Waals surface area contributed by atoms with Gasteiger partial charge in [-0.3, -0.25) is 4.79 Å². The summed E-state index contributed by atoms with van der Waals surface area (Å²) in [4.78, 5) is 13.9. The summed E-state index contributed by atoms with van der Waals surface area (Å²) in [6.07, 6.45) is 0. The van der Waals surface area contributed by atoms with Gasteiger partial charge in [0.15, 0.2) is 0 Å². The van der Waals surface area contributed by atoms with Crippen molar-refractivity contribution in [2.24, 2.45) is 0 Å². The minimum Gasteiger partial charge on any atom is -0.336 e. The second kappa shape index (κ2) is 5.32. The Morgan fingerprint density at radius 2 is 2.12 bits per heavy atom. The van der Waals surface area contributed by atoms with Crippen molar-refractivity contribution in [3.63, 3.8) is 0 Å². The van der Waals surface area contributed by atoms with Gasteiger partial charge >= 0.3 is 0 Å². The Bertz CT molecular complexity index is 377. The summed E-state index contributed by atoms with van der Waals surface area (Å²) >= 11 is 0. The van der Waals surface area contributed by atoms with Gasteiger partial charge in [-0.15, -0.1) is 12.4 Å². The van der Waals surface area contributed by atoms with Gasteiger partial charge in [0, 0.05) is 25.7 Å². The van der Waals surface area contributed by atoms with Gasteiger partial charge in [0.25, 0.3) is 5.91 Å². The second-order valence-corrected chi connectivity index (χ2v) is 4.10. The Morgan fingerprint density at radius 1 is 1.44 bits per heavy atom. The van der Waals surface area contributed by atoms with E-state index in [1.165, 1.54) is 0 Å². The number of carbonyl (C=O) groups excluding carboxylic acids is 1. The lowest BCUT2D eigenvalue weighted by molar-refractivity contribution is 0.0681. The zero-order valence-corrected chi connectivity index (χ0v) is 10.4. The minimum atomic E-state index is 0. The summed E-state index contributed by atoms with van der Waals surface area (Å²) in [6, 6.07) is 8.10. The number of hydrogen-bond donors (Lipinski definition) is 1. The molecule has 0 unspecified atom stereocenters. The van der Waals surface area contributed by atoms with Crippen molar-refractivity contribution in [2.45, 2.75) is 13.0 Å². The summed E-state index contributed by atoms with van der Waals surface area (Å²) in [7, 11) is 1.87. The normalized spacial score (nSPS) is 14.9. The Balaban J connectivity index is 0.00000128. The molecule has 0 saturated carbocycles. The number of carbonyl (C=O) groups is 1. The number of likely N-dealkylation sites (N-methyl/N-ethyl adjacent to an activating group) is 1. The van der Waals surface area contributed by atoms with Crippen LogP contribution in [-0.4, -0.2) is 37.0 Å². The smallest absolute Gasteiger partial charge is 0.253 e. The molecule has 3 nitrogen and oxygen atoms in total. The number of rotatable bonds is 2. The molecular weight excluding hydrogens is 224 g/mol. The maximum absolute atomic E-state index is 12.0. The molecule has 1 saturated heterocycles. The van der Waals surface area contributed by atoms with Crippen LogP contribution in [0, 0.1) is 6.92 Å². The summed E-state index contributed by atoms with van der Waals surface area (Å²) in [6.45, 7) is 3.82. The third-order valence-corrected chi connectivity index (χ3v) is 2.89. The highest BCUT2D eigenvalue weighted by atomic mass is 35.5. The lowest BCUT2D eigenvalue weighted by Crippen LogP contribution is -2.57. The molecule has 1 fully saturated rings. The Kier molecular flexibility index (Phi) is 4.33. The van der Waals surface area contributed by atoms with Crippen LogP contribution in [0.1, 0.15) is 15.9 Å². The largest absolute Gasteiger partial charge is 0.336 e. The average molecular weight is 241 g/mol. The van der Waals surface area contributed by atoms with Crippen LogP contribution in [0.4, 0.5) is 0 Å². The van der Waals surface area contributed by atoms with Crippen LogP contribution in [-0.2, 0) is 0 Å². The average Bonchev–Trinajstić information content (AvgIpc) is 2.14. The molecule has 16 heavy (non-hydrogen) atoms. The van der Waals surface area contributed by atoms with Crippen molar-refractivity contribution in [2.75, 3.05) is 20.1 Å². The maximum atomic E-state index is 12.0. The van der Waals surface area contributed by atoms with Gasteiger partial charge in [-0.2, -0.15) is 0 Å². The third kappa shape index (κ3) is 2.54. The SMILES string of the molecule is Cc1cccc(C(=O)N(C)C2CNC2)c1.Cl. The second-order valence-electron chi connectivity index (χ2n) is 4.10. The first-order valence-electron chi connectivity index (χ1n) is 5.23. The van der Waals surface area contributed by atoms with Crippen LogP contribution in [0.2, 0.25) is 0 Å². The van der Waals surface area contributed by atoms with E-state index in [1.807, 2.05) is 43.1 Å². The maximum Gasteiger partial charge on any atom is 0.253 e. The number of halogens is 1. The lowest BCUT2D eigenvalue weighted by Gasteiger charge is -2.35. The van der Waals surface area contributed by atoms with Crippen LogP contribution in [0.5, 0.6) is 0 Å². The molecule has 0 aromatic heterocycles. The standard InChI is InChI=1S/C12H16N2O.ClH/c1-9-4-3-5-10(6-9)12(15)14(2)11-7-13-8-11;/h3-6,11,13H,7-8H2,1-2H3;1H. The van der Waals surface area contributed by atoms with Crippen LogP contribution in [0.25, 0.3) is 0 Å². The van der Waals surface area contributed by atoms with E-state index >= 15 is 0 Å². The predicted octanol–water partition coefficient (Wildman–Crippen LogP) is 1.46. The molecule has 1 aliphatic rings. The molecule has 1 heterocycles. The number of nitrogens with one attached hydrogen (secondary N) is 1. The van der Waals surface area contributed by atoms with Gasteiger partial charge in [-0.05, 0) is 19.1 Å². The van der Waals surface area contributed by atoms with Gasteiger partial charge < -0.3 is 10.2 Å². The Labute approximate surface area is 102 Å². The van der Waals surface area contributed by atoms with Crippen molar-refractivity contribution >= 4 is 18.3 Å². The fraction of sp³-hybridized carbons (Fsp3) is 0.417. The van der Waals surface area contributed by atoms with E-state index in [-0.39, 0.29) is 18.3 Å². The van der Waals surface area contributed by atoms with Crippen LogP contribution < -0.4 is 5.32 Å². The third-order valence-electron chi connectivity index (χ3n) is 2.89. The highest BCUT2D eigenvalue weighted by Crippen LogP contribution is 2.10. The first-order valence-corrected chi connectivity index (χ1v) is 5.23. The quantitative estimate of drug-likeness (QED) is 0.849. The minimum absolute atomic E-state index is 0. The molecule has 2 rings (SSSR count). The molecule has 1 aromatic rings. The van der Waals surface area contributed by atoms with Gasteiger partial charge in [-0.1, -0.05) is 17.7 Å². The molecule has 4 heteroatoms. The van der Waals surface area contributed by atoms with Crippen molar-refractivity contribution in [1.82, 2.24) is 10.2 Å². The topological polar surface area (TPSA) is 32.3 Å². The predicted molar refractivity (Wildman–Crippen MR) is 67.2 cm³/mol. The highest BCUT2D eigenvalue weighted by molar-refractivity contribution is 5.94. The number of amides is 1. The molecule has 0 aliphatic carbocycles. The molecule has 1 aromatic carbocycles. The van der Waals surface area contributed by atoms with E-state index in [1.54, 1.807) is 0 Å².